The Hall–Kier alpha value is -4.65. The van der Waals surface area contributed by atoms with Crippen LogP contribution in [0.4, 0.5) is 20.4 Å². The van der Waals surface area contributed by atoms with Gasteiger partial charge in [-0.3, -0.25) is 14.9 Å². The number of hydrazine groups is 1. The Bertz CT molecular complexity index is 1520. The van der Waals surface area contributed by atoms with Gasteiger partial charge < -0.3 is 15.4 Å². The standard InChI is InChI=1S/C26H25F2N9O2/c1-26(32-24(38)19-10-20-21(34-36-33-20)11-22(19)39-14-23(27)28)6-7-37(35-26)18-12-29-25(30-13-18)31-17-8-15-4-2-3-5-16(15)9-17/h2-7,10-13,17,23,35H,8-9,14H2,1H3,(H,32,38)(H,29,30,31)(H,33,34,36). The van der Waals surface area contributed by atoms with E-state index in [4.69, 9.17) is 4.74 Å². The maximum Gasteiger partial charge on any atom is 0.272 e. The number of hydrogen-bond donors (Lipinski definition) is 4. The number of benzene rings is 2. The zero-order valence-corrected chi connectivity index (χ0v) is 20.9. The Morgan fingerprint density at radius 2 is 1.95 bits per heavy atom. The Morgan fingerprint density at radius 1 is 1.21 bits per heavy atom. The Balaban J connectivity index is 1.10. The Labute approximate surface area is 221 Å². The first-order chi connectivity index (χ1) is 18.8. The predicted octanol–water partition coefficient (Wildman–Crippen LogP) is 2.96. The summed E-state index contributed by atoms with van der Waals surface area (Å²) < 4.78 is 30.8. The van der Waals surface area contributed by atoms with Gasteiger partial charge in [-0.2, -0.15) is 0 Å². The quantitative estimate of drug-likeness (QED) is 0.270. The van der Waals surface area contributed by atoms with Gasteiger partial charge in [0, 0.05) is 18.3 Å². The first-order valence-electron chi connectivity index (χ1n) is 12.4. The number of aromatic nitrogens is 5. The number of amides is 1. The summed E-state index contributed by atoms with van der Waals surface area (Å²) in [5.41, 5.74) is 6.45. The van der Waals surface area contributed by atoms with E-state index in [2.05, 4.69) is 65.7 Å². The molecule has 0 radical (unpaired) electrons. The second-order valence-electron chi connectivity index (χ2n) is 9.62. The summed E-state index contributed by atoms with van der Waals surface area (Å²) in [4.78, 5) is 22.1. The molecule has 2 aliphatic rings. The van der Waals surface area contributed by atoms with Crippen molar-refractivity contribution in [2.45, 2.75) is 37.9 Å². The molecule has 1 amide bonds. The van der Waals surface area contributed by atoms with Crippen LogP contribution in [0.15, 0.2) is 61.1 Å². The predicted molar refractivity (Wildman–Crippen MR) is 139 cm³/mol. The lowest BCUT2D eigenvalue weighted by atomic mass is 10.1. The number of hydrogen-bond acceptors (Lipinski definition) is 9. The third kappa shape index (κ3) is 5.21. The maximum atomic E-state index is 13.2. The molecule has 0 saturated carbocycles. The summed E-state index contributed by atoms with van der Waals surface area (Å²) in [6, 6.07) is 11.5. The van der Waals surface area contributed by atoms with Gasteiger partial charge in [0.2, 0.25) is 5.95 Å². The number of aromatic amines is 1. The van der Waals surface area contributed by atoms with Gasteiger partial charge in [0.1, 0.15) is 23.5 Å². The minimum Gasteiger partial charge on any atom is -0.487 e. The summed E-state index contributed by atoms with van der Waals surface area (Å²) in [5.74, 6) is -0.00923. The summed E-state index contributed by atoms with van der Waals surface area (Å²) in [7, 11) is 0. The molecule has 0 saturated heterocycles. The Kier molecular flexibility index (Phi) is 6.27. The molecule has 1 unspecified atom stereocenters. The number of carbonyl (C=O) groups is 1. The monoisotopic (exact) mass is 533 g/mol. The summed E-state index contributed by atoms with van der Waals surface area (Å²) in [6.07, 6.45) is 6.01. The van der Waals surface area contributed by atoms with Crippen molar-refractivity contribution < 1.29 is 18.3 Å². The number of ether oxygens (including phenoxy) is 1. The molecule has 1 atom stereocenters. The van der Waals surface area contributed by atoms with Crippen molar-refractivity contribution in [3.8, 4) is 5.75 Å². The molecular formula is C26H25F2N9O2. The van der Waals surface area contributed by atoms with E-state index < -0.39 is 24.6 Å². The normalized spacial score (nSPS) is 18.6. The van der Waals surface area contributed by atoms with Gasteiger partial charge in [-0.05, 0) is 43.0 Å². The van der Waals surface area contributed by atoms with Crippen molar-refractivity contribution in [1.82, 2.24) is 36.1 Å². The molecule has 1 aliphatic carbocycles. The van der Waals surface area contributed by atoms with Gasteiger partial charge in [-0.25, -0.2) is 24.2 Å². The number of anilines is 2. The molecule has 0 spiro atoms. The van der Waals surface area contributed by atoms with Crippen molar-refractivity contribution in [3.63, 3.8) is 0 Å². The fraction of sp³-hybridized carbons (Fsp3) is 0.269. The number of nitrogens with zero attached hydrogens (tertiary/aromatic N) is 5. The highest BCUT2D eigenvalue weighted by molar-refractivity contribution is 6.00. The average molecular weight is 534 g/mol. The Morgan fingerprint density at radius 3 is 2.67 bits per heavy atom. The third-order valence-electron chi connectivity index (χ3n) is 6.62. The number of H-pyrrole nitrogens is 1. The molecule has 0 bridgehead atoms. The second-order valence-corrected chi connectivity index (χ2v) is 9.62. The molecule has 11 nitrogen and oxygen atoms in total. The van der Waals surface area contributed by atoms with Crippen LogP contribution >= 0.6 is 0 Å². The average Bonchev–Trinajstić information content (AvgIpc) is 3.65. The van der Waals surface area contributed by atoms with Crippen LogP contribution in [0.3, 0.4) is 0 Å². The largest absolute Gasteiger partial charge is 0.487 e. The molecule has 13 heteroatoms. The number of nitrogens with one attached hydrogen (secondary N) is 4. The molecule has 2 aromatic heterocycles. The molecule has 6 rings (SSSR count). The number of fused-ring (bicyclic) bond motifs is 2. The molecule has 1 aliphatic heterocycles. The lowest BCUT2D eigenvalue weighted by Crippen LogP contribution is -2.56. The third-order valence-corrected chi connectivity index (χ3v) is 6.62. The fourth-order valence-corrected chi connectivity index (χ4v) is 4.76. The smallest absolute Gasteiger partial charge is 0.272 e. The minimum absolute atomic E-state index is 0.00405. The molecule has 0 fully saturated rings. The summed E-state index contributed by atoms with van der Waals surface area (Å²) in [5, 5.41) is 18.2. The van der Waals surface area contributed by atoms with E-state index in [1.807, 2.05) is 0 Å². The van der Waals surface area contributed by atoms with Gasteiger partial charge in [0.05, 0.1) is 29.2 Å². The summed E-state index contributed by atoms with van der Waals surface area (Å²) in [6.45, 7) is 0.902. The first-order valence-corrected chi connectivity index (χ1v) is 12.4. The molecule has 39 heavy (non-hydrogen) atoms. The van der Waals surface area contributed by atoms with E-state index in [0.717, 1.165) is 12.8 Å². The zero-order chi connectivity index (χ0) is 27.0. The van der Waals surface area contributed by atoms with Crippen LogP contribution in [0.5, 0.6) is 5.75 Å². The lowest BCUT2D eigenvalue weighted by molar-refractivity contribution is 0.0788. The highest BCUT2D eigenvalue weighted by Crippen LogP contribution is 2.27. The molecule has 4 aromatic rings. The van der Waals surface area contributed by atoms with E-state index in [1.165, 1.54) is 23.3 Å². The van der Waals surface area contributed by atoms with Crippen molar-refractivity contribution in [3.05, 3.63) is 77.8 Å². The van der Waals surface area contributed by atoms with E-state index in [0.29, 0.717) is 22.7 Å². The van der Waals surface area contributed by atoms with Crippen LogP contribution < -0.4 is 25.8 Å². The highest BCUT2D eigenvalue weighted by atomic mass is 19.3. The van der Waals surface area contributed by atoms with Crippen molar-refractivity contribution >= 4 is 28.6 Å². The van der Waals surface area contributed by atoms with Gasteiger partial charge in [-0.15, -0.1) is 5.10 Å². The lowest BCUT2D eigenvalue weighted by Gasteiger charge is -2.28. The van der Waals surface area contributed by atoms with Crippen molar-refractivity contribution in [1.29, 1.82) is 0 Å². The zero-order valence-electron chi connectivity index (χ0n) is 20.9. The van der Waals surface area contributed by atoms with Crippen LogP contribution in [0.1, 0.15) is 28.4 Å². The maximum absolute atomic E-state index is 13.2. The molecule has 4 N–H and O–H groups in total. The molecule has 3 heterocycles. The molecular weight excluding hydrogens is 508 g/mol. The second kappa shape index (κ2) is 9.91. The van der Waals surface area contributed by atoms with E-state index >= 15 is 0 Å². The SMILES string of the molecule is CC1(NC(=O)c2cc3nn[nH]c3cc2OCC(F)F)C=CN(c2cnc(NC3Cc4ccccc4C3)nc2)N1. The first kappa shape index (κ1) is 24.7. The number of carbonyl (C=O) groups excluding carboxylic acids is 1. The number of rotatable bonds is 8. The molecule has 200 valence electrons. The number of halogens is 2. The van der Waals surface area contributed by atoms with Crippen LogP contribution in [0.25, 0.3) is 11.0 Å². The summed E-state index contributed by atoms with van der Waals surface area (Å²) >= 11 is 0. The van der Waals surface area contributed by atoms with Crippen molar-refractivity contribution in [2.24, 2.45) is 0 Å². The van der Waals surface area contributed by atoms with Crippen LogP contribution in [0, 0.1) is 0 Å². The van der Waals surface area contributed by atoms with Crippen LogP contribution in [0.2, 0.25) is 0 Å². The van der Waals surface area contributed by atoms with Gasteiger partial charge >= 0.3 is 0 Å². The van der Waals surface area contributed by atoms with E-state index in [1.54, 1.807) is 36.6 Å². The van der Waals surface area contributed by atoms with Crippen LogP contribution in [-0.4, -0.2) is 56.0 Å². The number of alkyl halides is 2. The van der Waals surface area contributed by atoms with E-state index in [-0.39, 0.29) is 17.4 Å². The highest BCUT2D eigenvalue weighted by Gasteiger charge is 2.32. The van der Waals surface area contributed by atoms with Crippen LogP contribution in [-0.2, 0) is 12.8 Å². The topological polar surface area (TPSA) is 133 Å². The molecule has 2 aromatic carbocycles. The van der Waals surface area contributed by atoms with Crippen molar-refractivity contribution in [2.75, 3.05) is 16.9 Å². The van der Waals surface area contributed by atoms with E-state index in [9.17, 15) is 13.6 Å². The fourth-order valence-electron chi connectivity index (χ4n) is 4.76. The van der Waals surface area contributed by atoms with Gasteiger partial charge in [0.25, 0.3) is 12.3 Å². The van der Waals surface area contributed by atoms with Gasteiger partial charge in [-0.1, -0.05) is 29.5 Å². The van der Waals surface area contributed by atoms with Gasteiger partial charge in [0.15, 0.2) is 0 Å². The minimum atomic E-state index is -2.69.